The SMILES string of the molecule is CC(=O)[C@H](Sc1ncnc2c1nnn2-c1cccc(Cl)c1)C(=O)N(C)C. The molecule has 3 aromatic rings. The van der Waals surface area contributed by atoms with Crippen LogP contribution in [-0.2, 0) is 9.59 Å². The number of fused-ring (bicyclic) bond motifs is 1. The van der Waals surface area contributed by atoms with Crippen LogP contribution in [0, 0.1) is 0 Å². The van der Waals surface area contributed by atoms with Crippen molar-refractivity contribution in [1.82, 2.24) is 29.9 Å². The molecule has 3 rings (SSSR count). The van der Waals surface area contributed by atoms with Gasteiger partial charge < -0.3 is 4.90 Å². The quantitative estimate of drug-likeness (QED) is 0.373. The smallest absolute Gasteiger partial charge is 0.243 e. The lowest BCUT2D eigenvalue weighted by molar-refractivity contribution is -0.132. The highest BCUT2D eigenvalue weighted by Gasteiger charge is 2.28. The third-order valence-electron chi connectivity index (χ3n) is 3.52. The molecular weight excluding hydrogens is 376 g/mol. The van der Waals surface area contributed by atoms with Crippen molar-refractivity contribution in [3.63, 3.8) is 0 Å². The maximum atomic E-state index is 12.3. The van der Waals surface area contributed by atoms with Crippen molar-refractivity contribution in [2.24, 2.45) is 0 Å². The molecule has 0 N–H and O–H groups in total. The fraction of sp³-hybridized carbons (Fsp3) is 0.250. The zero-order chi connectivity index (χ0) is 18.8. The molecule has 1 atom stereocenters. The van der Waals surface area contributed by atoms with Crippen molar-refractivity contribution in [2.75, 3.05) is 14.1 Å². The first-order valence-electron chi connectivity index (χ1n) is 7.59. The summed E-state index contributed by atoms with van der Waals surface area (Å²) in [5.74, 6) is -0.570. The van der Waals surface area contributed by atoms with Crippen LogP contribution in [0.15, 0.2) is 35.6 Å². The van der Waals surface area contributed by atoms with Crippen LogP contribution in [0.2, 0.25) is 5.02 Å². The molecule has 0 fully saturated rings. The number of carbonyl (C=O) groups is 2. The second-order valence-electron chi connectivity index (χ2n) is 5.67. The number of aromatic nitrogens is 5. The Labute approximate surface area is 158 Å². The summed E-state index contributed by atoms with van der Waals surface area (Å²) in [6.45, 7) is 1.38. The van der Waals surface area contributed by atoms with Gasteiger partial charge >= 0.3 is 0 Å². The van der Waals surface area contributed by atoms with Crippen LogP contribution in [0.25, 0.3) is 16.9 Å². The minimum absolute atomic E-state index is 0.261. The van der Waals surface area contributed by atoms with E-state index >= 15 is 0 Å². The van der Waals surface area contributed by atoms with Gasteiger partial charge in [-0.2, -0.15) is 4.68 Å². The summed E-state index contributed by atoms with van der Waals surface area (Å²) in [4.78, 5) is 34.0. The van der Waals surface area contributed by atoms with Gasteiger partial charge in [-0.25, -0.2) is 9.97 Å². The second-order valence-corrected chi connectivity index (χ2v) is 7.20. The van der Waals surface area contributed by atoms with Gasteiger partial charge in [0.1, 0.15) is 16.6 Å². The first-order chi connectivity index (χ1) is 12.4. The molecule has 0 saturated carbocycles. The minimum Gasteiger partial charge on any atom is -0.347 e. The molecule has 1 aromatic carbocycles. The summed E-state index contributed by atoms with van der Waals surface area (Å²) >= 11 is 7.08. The zero-order valence-electron chi connectivity index (χ0n) is 14.3. The molecule has 8 nitrogen and oxygen atoms in total. The van der Waals surface area contributed by atoms with Gasteiger partial charge in [0.15, 0.2) is 16.9 Å². The van der Waals surface area contributed by atoms with Gasteiger partial charge in [0, 0.05) is 19.1 Å². The molecule has 0 aliphatic rings. The van der Waals surface area contributed by atoms with Crippen molar-refractivity contribution in [1.29, 1.82) is 0 Å². The minimum atomic E-state index is -0.903. The topological polar surface area (TPSA) is 93.9 Å². The molecule has 1 amide bonds. The lowest BCUT2D eigenvalue weighted by atomic mass is 10.3. The molecule has 0 unspecified atom stereocenters. The Morgan fingerprint density at radius 2 is 2.04 bits per heavy atom. The van der Waals surface area contributed by atoms with Gasteiger partial charge in [0.2, 0.25) is 5.91 Å². The van der Waals surface area contributed by atoms with Crippen molar-refractivity contribution in [3.05, 3.63) is 35.6 Å². The van der Waals surface area contributed by atoms with Gasteiger partial charge in [-0.05, 0) is 25.1 Å². The Morgan fingerprint density at radius 3 is 2.69 bits per heavy atom. The molecule has 2 aromatic heterocycles. The Bertz CT molecular complexity index is 990. The number of hydrogen-bond donors (Lipinski definition) is 0. The number of hydrogen-bond acceptors (Lipinski definition) is 7. The van der Waals surface area contributed by atoms with Crippen LogP contribution in [0.3, 0.4) is 0 Å². The van der Waals surface area contributed by atoms with E-state index in [2.05, 4.69) is 20.3 Å². The number of halogens is 1. The highest BCUT2D eigenvalue weighted by atomic mass is 35.5. The number of benzene rings is 1. The second kappa shape index (κ2) is 7.38. The van der Waals surface area contributed by atoms with E-state index in [0.717, 1.165) is 11.8 Å². The molecule has 0 spiro atoms. The molecule has 134 valence electrons. The van der Waals surface area contributed by atoms with Crippen LogP contribution in [0.5, 0.6) is 0 Å². The molecule has 0 aliphatic carbocycles. The van der Waals surface area contributed by atoms with Crippen LogP contribution in [0.4, 0.5) is 0 Å². The largest absolute Gasteiger partial charge is 0.347 e. The fourth-order valence-electron chi connectivity index (χ4n) is 2.25. The first kappa shape index (κ1) is 18.3. The molecule has 10 heteroatoms. The Hall–Kier alpha value is -2.52. The summed E-state index contributed by atoms with van der Waals surface area (Å²) in [7, 11) is 3.20. The van der Waals surface area contributed by atoms with E-state index in [0.29, 0.717) is 26.9 Å². The first-order valence-corrected chi connectivity index (χ1v) is 8.85. The van der Waals surface area contributed by atoms with E-state index in [4.69, 9.17) is 11.6 Å². The lowest BCUT2D eigenvalue weighted by Gasteiger charge is -2.17. The average molecular weight is 391 g/mol. The molecule has 0 aliphatic heterocycles. The van der Waals surface area contributed by atoms with Gasteiger partial charge in [0.25, 0.3) is 0 Å². The number of ketones is 1. The molecule has 0 radical (unpaired) electrons. The Balaban J connectivity index is 2.03. The fourth-order valence-corrected chi connectivity index (χ4v) is 3.49. The zero-order valence-corrected chi connectivity index (χ0v) is 15.8. The predicted octanol–water partition coefficient (Wildman–Crippen LogP) is 2.00. The highest BCUT2D eigenvalue weighted by Crippen LogP contribution is 2.29. The van der Waals surface area contributed by atoms with Gasteiger partial charge in [0.05, 0.1) is 5.69 Å². The Morgan fingerprint density at radius 1 is 1.27 bits per heavy atom. The normalized spacial score (nSPS) is 12.2. The van der Waals surface area contributed by atoms with Gasteiger partial charge in [-0.1, -0.05) is 34.6 Å². The summed E-state index contributed by atoms with van der Waals surface area (Å²) in [5.41, 5.74) is 1.57. The standard InChI is InChI=1S/C16H15ClN6O2S/c1-9(24)13(16(25)22(2)3)26-15-12-14(18-8-19-15)23(21-20-12)11-6-4-5-10(17)7-11/h4-8,13H,1-3H3/t13-/m0/s1. The van der Waals surface area contributed by atoms with E-state index in [1.54, 1.807) is 32.3 Å². The van der Waals surface area contributed by atoms with Crippen molar-refractivity contribution >= 4 is 46.2 Å². The third kappa shape index (κ3) is 3.54. The molecule has 0 saturated heterocycles. The van der Waals surface area contributed by atoms with Crippen molar-refractivity contribution in [2.45, 2.75) is 17.2 Å². The van der Waals surface area contributed by atoms with Gasteiger partial charge in [-0.15, -0.1) is 5.10 Å². The van der Waals surface area contributed by atoms with Crippen LogP contribution < -0.4 is 0 Å². The van der Waals surface area contributed by atoms with Gasteiger partial charge in [-0.3, -0.25) is 9.59 Å². The summed E-state index contributed by atoms with van der Waals surface area (Å²) in [6.07, 6.45) is 1.35. The van der Waals surface area contributed by atoms with E-state index in [-0.39, 0.29) is 11.7 Å². The van der Waals surface area contributed by atoms with E-state index in [1.807, 2.05) is 6.07 Å². The number of carbonyl (C=O) groups excluding carboxylic acids is 2. The molecule has 0 bridgehead atoms. The van der Waals surface area contributed by atoms with E-state index < -0.39 is 5.25 Å². The monoisotopic (exact) mass is 390 g/mol. The number of thioether (sulfide) groups is 1. The number of rotatable bonds is 5. The van der Waals surface area contributed by atoms with Crippen LogP contribution in [0.1, 0.15) is 6.92 Å². The average Bonchev–Trinajstić information content (AvgIpc) is 3.03. The number of amides is 1. The van der Waals surface area contributed by atoms with E-state index in [9.17, 15) is 9.59 Å². The summed E-state index contributed by atoms with van der Waals surface area (Å²) in [5, 5.41) is 8.31. The number of nitrogens with zero attached hydrogens (tertiary/aromatic N) is 6. The van der Waals surface area contributed by atoms with Crippen molar-refractivity contribution in [3.8, 4) is 5.69 Å². The van der Waals surface area contributed by atoms with Crippen LogP contribution in [-0.4, -0.2) is 60.9 Å². The van der Waals surface area contributed by atoms with Crippen LogP contribution >= 0.6 is 23.4 Å². The van der Waals surface area contributed by atoms with Crippen molar-refractivity contribution < 1.29 is 9.59 Å². The molecular formula is C16H15ClN6O2S. The third-order valence-corrected chi connectivity index (χ3v) is 5.05. The predicted molar refractivity (Wildman–Crippen MR) is 98.5 cm³/mol. The maximum absolute atomic E-state index is 12.3. The van der Waals surface area contributed by atoms with E-state index in [1.165, 1.54) is 22.8 Å². The molecule has 26 heavy (non-hydrogen) atoms. The highest BCUT2D eigenvalue weighted by molar-refractivity contribution is 8.01. The summed E-state index contributed by atoms with van der Waals surface area (Å²) < 4.78 is 1.53. The lowest BCUT2D eigenvalue weighted by Crippen LogP contribution is -2.36. The maximum Gasteiger partial charge on any atom is 0.243 e. The molecule has 2 heterocycles. The summed E-state index contributed by atoms with van der Waals surface area (Å²) in [6, 6.07) is 7.11. The Kier molecular flexibility index (Phi) is 5.19. The number of Topliss-reactive ketones (excluding diaryl/α,β-unsaturated/α-hetero) is 1.